The van der Waals surface area contributed by atoms with E-state index in [1.54, 1.807) is 13.0 Å². The molecule has 3 rings (SSSR count). The van der Waals surface area contributed by atoms with Gasteiger partial charge in [0.1, 0.15) is 12.3 Å². The Morgan fingerprint density at radius 2 is 2.08 bits per heavy atom. The molecule has 2 amide bonds. The lowest BCUT2D eigenvalue weighted by molar-refractivity contribution is -0.136. The van der Waals surface area contributed by atoms with Crippen LogP contribution in [-0.4, -0.2) is 42.4 Å². The predicted octanol–water partition coefficient (Wildman–Crippen LogP) is 2.13. The van der Waals surface area contributed by atoms with Gasteiger partial charge in [-0.1, -0.05) is 31.2 Å². The maximum atomic E-state index is 13.0. The average molecular weight is 355 g/mol. The molecule has 1 saturated heterocycles. The van der Waals surface area contributed by atoms with E-state index >= 15 is 0 Å². The van der Waals surface area contributed by atoms with Crippen LogP contribution in [0, 0.1) is 0 Å². The minimum atomic E-state index is -0.604. The Morgan fingerprint density at radius 1 is 1.31 bits per heavy atom. The fraction of sp³-hybridized carbons (Fsp3) is 0.400. The molecule has 0 radical (unpaired) electrons. The number of hydrogen-bond acceptors (Lipinski definition) is 4. The number of carbonyl (C=O) groups is 2. The summed E-state index contributed by atoms with van der Waals surface area (Å²) in [6, 6.07) is 9.34. The van der Waals surface area contributed by atoms with Gasteiger partial charge < -0.3 is 20.0 Å². The lowest BCUT2D eigenvalue weighted by atomic mass is 10.00. The first-order valence-corrected chi connectivity index (χ1v) is 9.03. The van der Waals surface area contributed by atoms with E-state index in [1.807, 2.05) is 4.90 Å². The van der Waals surface area contributed by atoms with Gasteiger partial charge in [0.15, 0.2) is 0 Å². The van der Waals surface area contributed by atoms with E-state index in [1.165, 1.54) is 18.1 Å². The summed E-state index contributed by atoms with van der Waals surface area (Å²) in [5, 5.41) is 6.11. The molecule has 0 spiro atoms. The SMILES string of the molecule is CCc1ccc(C2CNCCN2C(=O)C(C)NC(=O)c2ccoc2)cc1. The number of furan rings is 1. The van der Waals surface area contributed by atoms with Gasteiger partial charge in [-0.25, -0.2) is 0 Å². The molecule has 1 aromatic carbocycles. The van der Waals surface area contributed by atoms with Gasteiger partial charge in [0.25, 0.3) is 5.91 Å². The zero-order valence-corrected chi connectivity index (χ0v) is 15.2. The van der Waals surface area contributed by atoms with Crippen LogP contribution in [-0.2, 0) is 11.2 Å². The van der Waals surface area contributed by atoms with Crippen molar-refractivity contribution in [2.75, 3.05) is 19.6 Å². The second kappa shape index (κ2) is 8.19. The third-order valence-electron chi connectivity index (χ3n) is 4.80. The number of hydrogen-bond donors (Lipinski definition) is 2. The maximum absolute atomic E-state index is 13.0. The van der Waals surface area contributed by atoms with Gasteiger partial charge in [-0.05, 0) is 30.5 Å². The maximum Gasteiger partial charge on any atom is 0.255 e. The summed E-state index contributed by atoms with van der Waals surface area (Å²) in [6.07, 6.45) is 3.80. The van der Waals surface area contributed by atoms with Crippen molar-refractivity contribution in [2.45, 2.75) is 32.4 Å². The van der Waals surface area contributed by atoms with Crippen molar-refractivity contribution in [2.24, 2.45) is 0 Å². The van der Waals surface area contributed by atoms with Gasteiger partial charge in [0.05, 0.1) is 17.9 Å². The van der Waals surface area contributed by atoms with Crippen molar-refractivity contribution < 1.29 is 14.0 Å². The van der Waals surface area contributed by atoms with E-state index in [0.29, 0.717) is 18.7 Å². The van der Waals surface area contributed by atoms with E-state index in [2.05, 4.69) is 41.8 Å². The zero-order chi connectivity index (χ0) is 18.5. The Bertz CT molecular complexity index is 740. The van der Waals surface area contributed by atoms with Gasteiger partial charge in [0, 0.05) is 19.6 Å². The fourth-order valence-corrected chi connectivity index (χ4v) is 3.23. The average Bonchev–Trinajstić information content (AvgIpc) is 3.22. The number of nitrogens with one attached hydrogen (secondary N) is 2. The molecule has 0 bridgehead atoms. The Labute approximate surface area is 153 Å². The van der Waals surface area contributed by atoms with E-state index in [4.69, 9.17) is 4.42 Å². The molecule has 6 nitrogen and oxygen atoms in total. The molecule has 1 aromatic heterocycles. The van der Waals surface area contributed by atoms with Gasteiger partial charge >= 0.3 is 0 Å². The quantitative estimate of drug-likeness (QED) is 0.862. The van der Waals surface area contributed by atoms with Crippen LogP contribution < -0.4 is 10.6 Å². The van der Waals surface area contributed by atoms with E-state index in [-0.39, 0.29) is 17.9 Å². The van der Waals surface area contributed by atoms with Crippen LogP contribution in [0.1, 0.15) is 41.4 Å². The third-order valence-corrected chi connectivity index (χ3v) is 4.80. The number of rotatable bonds is 5. The number of nitrogens with zero attached hydrogens (tertiary/aromatic N) is 1. The van der Waals surface area contributed by atoms with Crippen molar-refractivity contribution in [3.8, 4) is 0 Å². The Morgan fingerprint density at radius 3 is 2.73 bits per heavy atom. The molecular formula is C20H25N3O3. The molecular weight excluding hydrogens is 330 g/mol. The topological polar surface area (TPSA) is 74.6 Å². The molecule has 1 aliphatic heterocycles. The monoisotopic (exact) mass is 355 g/mol. The molecule has 2 N–H and O–H groups in total. The van der Waals surface area contributed by atoms with Crippen LogP contribution in [0.2, 0.25) is 0 Å². The standard InChI is InChI=1S/C20H25N3O3/c1-3-15-4-6-16(7-5-15)18-12-21-9-10-23(18)20(25)14(2)22-19(24)17-8-11-26-13-17/h4-8,11,13-14,18,21H,3,9-10,12H2,1-2H3,(H,22,24). The molecule has 2 atom stereocenters. The number of amides is 2. The molecule has 0 aliphatic carbocycles. The van der Waals surface area contributed by atoms with Crippen molar-refractivity contribution in [3.05, 3.63) is 59.5 Å². The Balaban J connectivity index is 1.71. The largest absolute Gasteiger partial charge is 0.472 e. The van der Waals surface area contributed by atoms with Gasteiger partial charge in [-0.3, -0.25) is 9.59 Å². The summed E-state index contributed by atoms with van der Waals surface area (Å²) in [5.74, 6) is -0.383. The molecule has 0 saturated carbocycles. The minimum absolute atomic E-state index is 0.0320. The van der Waals surface area contributed by atoms with Crippen LogP contribution in [0.3, 0.4) is 0 Å². The van der Waals surface area contributed by atoms with Crippen molar-refractivity contribution in [1.82, 2.24) is 15.5 Å². The van der Waals surface area contributed by atoms with Crippen LogP contribution in [0.5, 0.6) is 0 Å². The summed E-state index contributed by atoms with van der Waals surface area (Å²) in [6.45, 7) is 5.92. The summed E-state index contributed by atoms with van der Waals surface area (Å²) in [4.78, 5) is 27.0. The van der Waals surface area contributed by atoms with E-state index < -0.39 is 6.04 Å². The fourth-order valence-electron chi connectivity index (χ4n) is 3.23. The van der Waals surface area contributed by atoms with E-state index in [0.717, 1.165) is 18.5 Å². The highest BCUT2D eigenvalue weighted by molar-refractivity contribution is 5.97. The van der Waals surface area contributed by atoms with E-state index in [9.17, 15) is 9.59 Å². The van der Waals surface area contributed by atoms with Crippen LogP contribution in [0.25, 0.3) is 0 Å². The summed E-state index contributed by atoms with van der Waals surface area (Å²) in [7, 11) is 0. The number of carbonyl (C=O) groups excluding carboxylic acids is 2. The van der Waals surface area contributed by atoms with Crippen molar-refractivity contribution in [3.63, 3.8) is 0 Å². The highest BCUT2D eigenvalue weighted by Crippen LogP contribution is 2.23. The van der Waals surface area contributed by atoms with Gasteiger partial charge in [0.2, 0.25) is 5.91 Å². The van der Waals surface area contributed by atoms with Gasteiger partial charge in [-0.2, -0.15) is 0 Å². The van der Waals surface area contributed by atoms with Crippen molar-refractivity contribution in [1.29, 1.82) is 0 Å². The first-order valence-electron chi connectivity index (χ1n) is 9.03. The number of piperazine rings is 1. The third kappa shape index (κ3) is 3.96. The Kier molecular flexibility index (Phi) is 5.73. The highest BCUT2D eigenvalue weighted by Gasteiger charge is 2.31. The molecule has 138 valence electrons. The smallest absolute Gasteiger partial charge is 0.255 e. The molecule has 2 heterocycles. The normalized spacial score (nSPS) is 18.4. The second-order valence-electron chi connectivity index (χ2n) is 6.55. The molecule has 26 heavy (non-hydrogen) atoms. The first kappa shape index (κ1) is 18.2. The predicted molar refractivity (Wildman–Crippen MR) is 98.8 cm³/mol. The molecule has 2 aromatic rings. The molecule has 2 unspecified atom stereocenters. The Hall–Kier alpha value is -2.60. The molecule has 6 heteroatoms. The number of aryl methyl sites for hydroxylation is 1. The number of benzene rings is 1. The summed E-state index contributed by atoms with van der Waals surface area (Å²) < 4.78 is 4.92. The van der Waals surface area contributed by atoms with Crippen LogP contribution in [0.4, 0.5) is 0 Å². The van der Waals surface area contributed by atoms with Crippen molar-refractivity contribution >= 4 is 11.8 Å². The lowest BCUT2D eigenvalue weighted by Gasteiger charge is -2.38. The van der Waals surface area contributed by atoms with Gasteiger partial charge in [-0.15, -0.1) is 0 Å². The lowest BCUT2D eigenvalue weighted by Crippen LogP contribution is -2.54. The molecule has 1 fully saturated rings. The highest BCUT2D eigenvalue weighted by atomic mass is 16.3. The van der Waals surface area contributed by atoms with Crippen LogP contribution in [0.15, 0.2) is 47.3 Å². The second-order valence-corrected chi connectivity index (χ2v) is 6.55. The first-order chi connectivity index (χ1) is 12.6. The minimum Gasteiger partial charge on any atom is -0.472 e. The van der Waals surface area contributed by atoms with Crippen LogP contribution >= 0.6 is 0 Å². The zero-order valence-electron chi connectivity index (χ0n) is 15.2. The molecule has 1 aliphatic rings. The summed E-state index contributed by atoms with van der Waals surface area (Å²) in [5.41, 5.74) is 2.80. The summed E-state index contributed by atoms with van der Waals surface area (Å²) >= 11 is 0.